The maximum absolute atomic E-state index is 12.0. The lowest BCUT2D eigenvalue weighted by molar-refractivity contribution is 0.101. The Labute approximate surface area is 103 Å². The highest BCUT2D eigenvalue weighted by Gasteiger charge is 2.09. The number of imidazole rings is 1. The first-order valence-electron chi connectivity index (χ1n) is 5.60. The smallest absolute Gasteiger partial charge is 0.272 e. The summed E-state index contributed by atoms with van der Waals surface area (Å²) in [4.78, 5) is 19.2. The molecule has 2 heterocycles. The van der Waals surface area contributed by atoms with Crippen LogP contribution in [0.3, 0.4) is 0 Å². The van der Waals surface area contributed by atoms with Gasteiger partial charge in [-0.1, -0.05) is 0 Å². The number of nitrogens with one attached hydrogen (secondary N) is 2. The number of carbonyl (C=O) groups excluding carboxylic acids is 1. The van der Waals surface area contributed by atoms with Crippen molar-refractivity contribution in [3.8, 4) is 0 Å². The average Bonchev–Trinajstić information content (AvgIpc) is 2.96. The van der Waals surface area contributed by atoms with E-state index < -0.39 is 0 Å². The quantitative estimate of drug-likeness (QED) is 0.721. The monoisotopic (exact) mass is 240 g/mol. The van der Waals surface area contributed by atoms with Crippen molar-refractivity contribution in [2.24, 2.45) is 7.05 Å². The fourth-order valence-electron chi connectivity index (χ4n) is 1.91. The largest absolute Gasteiger partial charge is 0.347 e. The van der Waals surface area contributed by atoms with Crippen molar-refractivity contribution in [2.45, 2.75) is 0 Å². The van der Waals surface area contributed by atoms with E-state index in [4.69, 9.17) is 0 Å². The minimum absolute atomic E-state index is 0.124. The fourth-order valence-corrected chi connectivity index (χ4v) is 1.91. The number of benzene rings is 1. The maximum Gasteiger partial charge on any atom is 0.272 e. The number of hydrogen-bond acceptors (Lipinski definition) is 2. The van der Waals surface area contributed by atoms with Crippen LogP contribution in [-0.2, 0) is 7.05 Å². The molecule has 0 atom stereocenters. The third-order valence-corrected chi connectivity index (χ3v) is 2.85. The van der Waals surface area contributed by atoms with Crippen molar-refractivity contribution in [1.29, 1.82) is 0 Å². The maximum atomic E-state index is 12.0. The molecule has 0 bridgehead atoms. The predicted molar refractivity (Wildman–Crippen MR) is 69.5 cm³/mol. The highest BCUT2D eigenvalue weighted by atomic mass is 16.1. The topological polar surface area (TPSA) is 62.7 Å². The zero-order chi connectivity index (χ0) is 12.5. The van der Waals surface area contributed by atoms with Gasteiger partial charge in [0.25, 0.3) is 5.91 Å². The van der Waals surface area contributed by atoms with Crippen molar-refractivity contribution < 1.29 is 4.79 Å². The molecule has 0 unspecified atom stereocenters. The molecule has 1 aromatic carbocycles. The van der Waals surface area contributed by atoms with E-state index in [0.29, 0.717) is 5.69 Å². The minimum atomic E-state index is -0.124. The van der Waals surface area contributed by atoms with Gasteiger partial charge in [0.2, 0.25) is 0 Å². The molecule has 0 spiro atoms. The summed E-state index contributed by atoms with van der Waals surface area (Å²) in [5.41, 5.74) is 3.16. The SMILES string of the molecule is Cn1cccc1C(=O)Nc1ccc2nc[nH]c2c1. The molecule has 0 fully saturated rings. The lowest BCUT2D eigenvalue weighted by Gasteiger charge is -2.06. The molecule has 0 aliphatic heterocycles. The van der Waals surface area contributed by atoms with Gasteiger partial charge in [-0.15, -0.1) is 0 Å². The summed E-state index contributed by atoms with van der Waals surface area (Å²) in [6.07, 6.45) is 3.47. The van der Waals surface area contributed by atoms with E-state index >= 15 is 0 Å². The molecule has 90 valence electrons. The van der Waals surface area contributed by atoms with Gasteiger partial charge in [-0.05, 0) is 30.3 Å². The summed E-state index contributed by atoms with van der Waals surface area (Å²) in [6.45, 7) is 0. The van der Waals surface area contributed by atoms with Crippen molar-refractivity contribution in [3.63, 3.8) is 0 Å². The normalized spacial score (nSPS) is 10.7. The minimum Gasteiger partial charge on any atom is -0.347 e. The number of nitrogens with zero attached hydrogens (tertiary/aromatic N) is 2. The number of H-pyrrole nitrogens is 1. The van der Waals surface area contributed by atoms with Crippen molar-refractivity contribution in [1.82, 2.24) is 14.5 Å². The van der Waals surface area contributed by atoms with Crippen LogP contribution in [0, 0.1) is 0 Å². The first kappa shape index (κ1) is 10.6. The highest BCUT2D eigenvalue weighted by molar-refractivity contribution is 6.03. The van der Waals surface area contributed by atoms with Crippen molar-refractivity contribution >= 4 is 22.6 Å². The fraction of sp³-hybridized carbons (Fsp3) is 0.0769. The number of anilines is 1. The van der Waals surface area contributed by atoms with E-state index in [0.717, 1.165) is 16.7 Å². The molecular formula is C13H12N4O. The molecule has 0 saturated heterocycles. The van der Waals surface area contributed by atoms with E-state index in [1.165, 1.54) is 0 Å². The Morgan fingerprint density at radius 2 is 2.28 bits per heavy atom. The average molecular weight is 240 g/mol. The number of rotatable bonds is 2. The summed E-state index contributed by atoms with van der Waals surface area (Å²) in [6, 6.07) is 9.19. The zero-order valence-electron chi connectivity index (χ0n) is 9.84. The van der Waals surface area contributed by atoms with Crippen LogP contribution in [0.1, 0.15) is 10.5 Å². The second-order valence-corrected chi connectivity index (χ2v) is 4.09. The molecule has 3 rings (SSSR count). The van der Waals surface area contributed by atoms with E-state index in [1.54, 1.807) is 17.0 Å². The van der Waals surface area contributed by atoms with Gasteiger partial charge in [0.05, 0.1) is 17.4 Å². The van der Waals surface area contributed by atoms with E-state index in [2.05, 4.69) is 15.3 Å². The number of fused-ring (bicyclic) bond motifs is 1. The molecule has 2 N–H and O–H groups in total. The molecule has 3 aromatic rings. The summed E-state index contributed by atoms with van der Waals surface area (Å²) in [5, 5.41) is 2.86. The number of carbonyl (C=O) groups is 1. The van der Waals surface area contributed by atoms with Crippen LogP contribution in [0.5, 0.6) is 0 Å². The van der Waals surface area contributed by atoms with Crippen LogP contribution < -0.4 is 5.32 Å². The summed E-state index contributed by atoms with van der Waals surface area (Å²) >= 11 is 0. The Hall–Kier alpha value is -2.56. The summed E-state index contributed by atoms with van der Waals surface area (Å²) in [7, 11) is 1.84. The number of aromatic amines is 1. The number of aryl methyl sites for hydroxylation is 1. The highest BCUT2D eigenvalue weighted by Crippen LogP contribution is 2.16. The molecular weight excluding hydrogens is 228 g/mol. The van der Waals surface area contributed by atoms with Gasteiger partial charge in [0, 0.05) is 18.9 Å². The second kappa shape index (κ2) is 4.03. The number of hydrogen-bond donors (Lipinski definition) is 2. The first-order chi connectivity index (χ1) is 8.74. The van der Waals surface area contributed by atoms with Crippen LogP contribution in [0.25, 0.3) is 11.0 Å². The molecule has 5 heteroatoms. The predicted octanol–water partition coefficient (Wildman–Crippen LogP) is 2.15. The molecule has 5 nitrogen and oxygen atoms in total. The van der Waals surface area contributed by atoms with Crippen molar-refractivity contribution in [2.75, 3.05) is 5.32 Å². The van der Waals surface area contributed by atoms with Crippen LogP contribution in [0.4, 0.5) is 5.69 Å². The van der Waals surface area contributed by atoms with Gasteiger partial charge in [0.15, 0.2) is 0 Å². The number of aromatic nitrogens is 3. The Morgan fingerprint density at radius 3 is 3.06 bits per heavy atom. The third-order valence-electron chi connectivity index (χ3n) is 2.85. The van der Waals surface area contributed by atoms with Crippen LogP contribution >= 0.6 is 0 Å². The molecule has 18 heavy (non-hydrogen) atoms. The van der Waals surface area contributed by atoms with Crippen LogP contribution in [0.2, 0.25) is 0 Å². The molecule has 0 aliphatic carbocycles. The Morgan fingerprint density at radius 1 is 1.39 bits per heavy atom. The Balaban J connectivity index is 1.88. The van der Waals surface area contributed by atoms with Gasteiger partial charge >= 0.3 is 0 Å². The zero-order valence-corrected chi connectivity index (χ0v) is 9.84. The molecule has 1 amide bonds. The lowest BCUT2D eigenvalue weighted by atomic mass is 10.2. The van der Waals surface area contributed by atoms with Gasteiger partial charge in [0.1, 0.15) is 5.69 Å². The Kier molecular flexibility index (Phi) is 2.37. The number of amides is 1. The van der Waals surface area contributed by atoms with Gasteiger partial charge in [-0.25, -0.2) is 4.98 Å². The van der Waals surface area contributed by atoms with Gasteiger partial charge < -0.3 is 14.9 Å². The van der Waals surface area contributed by atoms with Crippen LogP contribution in [0.15, 0.2) is 42.9 Å². The Bertz CT molecular complexity index is 710. The first-order valence-corrected chi connectivity index (χ1v) is 5.60. The second-order valence-electron chi connectivity index (χ2n) is 4.09. The summed E-state index contributed by atoms with van der Waals surface area (Å²) < 4.78 is 1.78. The standard InChI is InChI=1S/C13H12N4O/c1-17-6-2-3-12(17)13(18)16-9-4-5-10-11(7-9)15-8-14-10/h2-8H,1H3,(H,14,15)(H,16,18). The molecule has 2 aromatic heterocycles. The lowest BCUT2D eigenvalue weighted by Crippen LogP contribution is -2.15. The van der Waals surface area contributed by atoms with Gasteiger partial charge in [-0.3, -0.25) is 4.79 Å². The van der Waals surface area contributed by atoms with Crippen LogP contribution in [-0.4, -0.2) is 20.4 Å². The van der Waals surface area contributed by atoms with E-state index in [1.807, 2.05) is 37.5 Å². The van der Waals surface area contributed by atoms with Gasteiger partial charge in [-0.2, -0.15) is 0 Å². The molecule has 0 aliphatic rings. The van der Waals surface area contributed by atoms with E-state index in [9.17, 15) is 4.79 Å². The summed E-state index contributed by atoms with van der Waals surface area (Å²) in [5.74, 6) is -0.124. The third kappa shape index (κ3) is 1.75. The molecule has 0 saturated carbocycles. The van der Waals surface area contributed by atoms with E-state index in [-0.39, 0.29) is 5.91 Å². The van der Waals surface area contributed by atoms with Crippen molar-refractivity contribution in [3.05, 3.63) is 48.5 Å². The molecule has 0 radical (unpaired) electrons.